The molecule has 0 aromatic carbocycles. The van der Waals surface area contributed by atoms with E-state index < -0.39 is 0 Å². The molecule has 1 fully saturated rings. The van der Waals surface area contributed by atoms with Crippen molar-refractivity contribution in [1.29, 1.82) is 0 Å². The van der Waals surface area contributed by atoms with Crippen LogP contribution in [0.4, 0.5) is 0 Å². The number of hydrogen-bond acceptors (Lipinski definition) is 3. The summed E-state index contributed by atoms with van der Waals surface area (Å²) in [6.45, 7) is 0. The van der Waals surface area contributed by atoms with Crippen molar-refractivity contribution in [2.24, 2.45) is 13.0 Å². The Morgan fingerprint density at radius 3 is 2.93 bits per heavy atom. The zero-order valence-corrected chi connectivity index (χ0v) is 9.80. The van der Waals surface area contributed by atoms with Gasteiger partial charge in [-0.2, -0.15) is 16.9 Å². The molecule has 0 unspecified atom stereocenters. The second-order valence-electron chi connectivity index (χ2n) is 4.06. The van der Waals surface area contributed by atoms with Crippen molar-refractivity contribution in [3.8, 4) is 0 Å². The molecule has 0 aliphatic carbocycles. The van der Waals surface area contributed by atoms with E-state index in [9.17, 15) is 4.79 Å². The molecule has 82 valence electrons. The van der Waals surface area contributed by atoms with Gasteiger partial charge < -0.3 is 0 Å². The van der Waals surface area contributed by atoms with Crippen molar-refractivity contribution in [3.05, 3.63) is 18.0 Å². The number of Topliss-reactive ketones (excluding diaryl/α,β-unsaturated/α-hetero) is 1. The molecule has 1 aliphatic heterocycles. The van der Waals surface area contributed by atoms with Crippen molar-refractivity contribution in [3.63, 3.8) is 0 Å². The van der Waals surface area contributed by atoms with Gasteiger partial charge in [0, 0.05) is 19.7 Å². The second kappa shape index (κ2) is 4.84. The topological polar surface area (TPSA) is 34.9 Å². The van der Waals surface area contributed by atoms with E-state index >= 15 is 0 Å². The van der Waals surface area contributed by atoms with Gasteiger partial charge in [-0.25, -0.2) is 0 Å². The number of hydrogen-bond donors (Lipinski definition) is 0. The number of rotatable bonds is 3. The van der Waals surface area contributed by atoms with Crippen LogP contribution in [0.2, 0.25) is 0 Å². The largest absolute Gasteiger partial charge is 0.292 e. The third-order valence-electron chi connectivity index (χ3n) is 2.81. The summed E-state index contributed by atoms with van der Waals surface area (Å²) in [6.07, 6.45) is 4.87. The molecule has 0 amide bonds. The molecule has 1 aromatic heterocycles. The van der Waals surface area contributed by atoms with Crippen LogP contribution < -0.4 is 0 Å². The third kappa shape index (κ3) is 2.84. The fourth-order valence-electron chi connectivity index (χ4n) is 1.88. The van der Waals surface area contributed by atoms with Gasteiger partial charge in [0.2, 0.25) is 0 Å². The molecule has 1 aromatic rings. The minimum absolute atomic E-state index is 0.201. The van der Waals surface area contributed by atoms with Crippen molar-refractivity contribution < 1.29 is 4.79 Å². The van der Waals surface area contributed by atoms with Crippen LogP contribution in [-0.4, -0.2) is 27.1 Å². The number of carbonyl (C=O) groups excluding carboxylic acids is 1. The summed E-state index contributed by atoms with van der Waals surface area (Å²) >= 11 is 1.99. The van der Waals surface area contributed by atoms with E-state index in [1.165, 1.54) is 24.3 Å². The standard InChI is InChI=1S/C11H16N2OS/c1-13-5-2-10(12-13)11(14)8-9-3-6-15-7-4-9/h2,5,9H,3-4,6-8H2,1H3. The van der Waals surface area contributed by atoms with Gasteiger partial charge >= 0.3 is 0 Å². The summed E-state index contributed by atoms with van der Waals surface area (Å²) in [5, 5.41) is 4.14. The molecule has 0 N–H and O–H groups in total. The molecule has 0 radical (unpaired) electrons. The first kappa shape index (κ1) is 10.7. The maximum Gasteiger partial charge on any atom is 0.183 e. The van der Waals surface area contributed by atoms with E-state index in [1.807, 2.05) is 25.0 Å². The van der Waals surface area contributed by atoms with Crippen LogP contribution in [-0.2, 0) is 7.05 Å². The Labute approximate surface area is 94.2 Å². The van der Waals surface area contributed by atoms with Gasteiger partial charge in [0.1, 0.15) is 5.69 Å². The van der Waals surface area contributed by atoms with Crippen LogP contribution in [0.25, 0.3) is 0 Å². The van der Waals surface area contributed by atoms with E-state index in [1.54, 1.807) is 10.7 Å². The third-order valence-corrected chi connectivity index (χ3v) is 3.86. The Bertz CT molecular complexity index is 342. The molecular weight excluding hydrogens is 208 g/mol. The lowest BCUT2D eigenvalue weighted by atomic mass is 9.95. The molecule has 2 heterocycles. The maximum absolute atomic E-state index is 11.8. The van der Waals surface area contributed by atoms with Crippen LogP contribution in [0.1, 0.15) is 29.8 Å². The lowest BCUT2D eigenvalue weighted by molar-refractivity contribution is 0.0953. The van der Waals surface area contributed by atoms with E-state index in [4.69, 9.17) is 0 Å². The van der Waals surface area contributed by atoms with E-state index in [0.717, 1.165) is 0 Å². The molecule has 0 saturated carbocycles. The predicted octanol–water partition coefficient (Wildman–Crippen LogP) is 2.14. The Morgan fingerprint density at radius 2 is 2.33 bits per heavy atom. The summed E-state index contributed by atoms with van der Waals surface area (Å²) in [6, 6.07) is 1.81. The Hall–Kier alpha value is -0.770. The van der Waals surface area contributed by atoms with Crippen molar-refractivity contribution in [2.45, 2.75) is 19.3 Å². The van der Waals surface area contributed by atoms with Gasteiger partial charge in [-0.3, -0.25) is 9.48 Å². The van der Waals surface area contributed by atoms with Crippen molar-refractivity contribution in [1.82, 2.24) is 9.78 Å². The number of ketones is 1. The molecule has 0 spiro atoms. The quantitative estimate of drug-likeness (QED) is 0.738. The van der Waals surface area contributed by atoms with Crippen molar-refractivity contribution >= 4 is 17.5 Å². The van der Waals surface area contributed by atoms with Crippen LogP contribution in [0.15, 0.2) is 12.3 Å². The zero-order chi connectivity index (χ0) is 10.7. The number of thioether (sulfide) groups is 1. The monoisotopic (exact) mass is 224 g/mol. The first-order valence-corrected chi connectivity index (χ1v) is 6.52. The Kier molecular flexibility index (Phi) is 3.46. The first-order valence-electron chi connectivity index (χ1n) is 5.36. The van der Waals surface area contributed by atoms with Crippen LogP contribution in [0, 0.1) is 5.92 Å². The average Bonchev–Trinajstić information content (AvgIpc) is 2.66. The number of nitrogens with zero attached hydrogens (tertiary/aromatic N) is 2. The highest BCUT2D eigenvalue weighted by molar-refractivity contribution is 7.99. The zero-order valence-electron chi connectivity index (χ0n) is 8.98. The summed E-state index contributed by atoms with van der Waals surface area (Å²) in [4.78, 5) is 11.8. The highest BCUT2D eigenvalue weighted by Crippen LogP contribution is 2.26. The highest BCUT2D eigenvalue weighted by atomic mass is 32.2. The van der Waals surface area contributed by atoms with Crippen LogP contribution in [0.5, 0.6) is 0 Å². The molecular formula is C11H16N2OS. The van der Waals surface area contributed by atoms with Crippen LogP contribution >= 0.6 is 11.8 Å². The van der Waals surface area contributed by atoms with Gasteiger partial charge in [0.25, 0.3) is 0 Å². The van der Waals surface area contributed by atoms with Gasteiger partial charge in [-0.15, -0.1) is 0 Å². The van der Waals surface area contributed by atoms with Crippen LogP contribution in [0.3, 0.4) is 0 Å². The maximum atomic E-state index is 11.8. The number of carbonyl (C=O) groups is 1. The molecule has 1 saturated heterocycles. The summed E-state index contributed by atoms with van der Waals surface area (Å²) in [5.41, 5.74) is 0.621. The van der Waals surface area contributed by atoms with Gasteiger partial charge in [0.05, 0.1) is 0 Å². The Morgan fingerprint density at radius 1 is 1.60 bits per heavy atom. The smallest absolute Gasteiger partial charge is 0.183 e. The highest BCUT2D eigenvalue weighted by Gasteiger charge is 2.19. The molecule has 0 atom stereocenters. The average molecular weight is 224 g/mol. The normalized spacial score (nSPS) is 17.9. The van der Waals surface area contributed by atoms with Gasteiger partial charge in [-0.05, 0) is 36.3 Å². The summed E-state index contributed by atoms with van der Waals surface area (Å²) in [7, 11) is 1.84. The van der Waals surface area contributed by atoms with E-state index in [0.29, 0.717) is 18.0 Å². The number of aryl methyl sites for hydroxylation is 1. The molecule has 2 rings (SSSR count). The molecule has 4 heteroatoms. The lowest BCUT2D eigenvalue weighted by Crippen LogP contribution is -2.15. The summed E-state index contributed by atoms with van der Waals surface area (Å²) in [5.74, 6) is 3.20. The Balaban J connectivity index is 1.91. The van der Waals surface area contributed by atoms with Gasteiger partial charge in [-0.1, -0.05) is 0 Å². The first-order chi connectivity index (χ1) is 7.25. The molecule has 3 nitrogen and oxygen atoms in total. The van der Waals surface area contributed by atoms with E-state index in [-0.39, 0.29) is 5.78 Å². The van der Waals surface area contributed by atoms with E-state index in [2.05, 4.69) is 5.10 Å². The minimum Gasteiger partial charge on any atom is -0.292 e. The van der Waals surface area contributed by atoms with Gasteiger partial charge in [0.15, 0.2) is 5.78 Å². The lowest BCUT2D eigenvalue weighted by Gasteiger charge is -2.19. The molecule has 0 bridgehead atoms. The SMILES string of the molecule is Cn1ccc(C(=O)CC2CCSCC2)n1. The number of aromatic nitrogens is 2. The fourth-order valence-corrected chi connectivity index (χ4v) is 3.09. The predicted molar refractivity (Wildman–Crippen MR) is 62.2 cm³/mol. The molecule has 15 heavy (non-hydrogen) atoms. The fraction of sp³-hybridized carbons (Fsp3) is 0.636. The second-order valence-corrected chi connectivity index (χ2v) is 5.28. The molecule has 1 aliphatic rings. The van der Waals surface area contributed by atoms with Crippen molar-refractivity contribution in [2.75, 3.05) is 11.5 Å². The minimum atomic E-state index is 0.201. The summed E-state index contributed by atoms with van der Waals surface area (Å²) < 4.78 is 1.68.